The highest BCUT2D eigenvalue weighted by Crippen LogP contribution is 2.44. The second kappa shape index (κ2) is 4.45. The summed E-state index contributed by atoms with van der Waals surface area (Å²) < 4.78 is 0. The van der Waals surface area contributed by atoms with Gasteiger partial charge in [0.15, 0.2) is 0 Å². The Balaban J connectivity index is 2.10. The number of aryl methyl sites for hydroxylation is 1. The van der Waals surface area contributed by atoms with Gasteiger partial charge in [-0.1, -0.05) is 37.6 Å². The molecule has 1 saturated heterocycles. The van der Waals surface area contributed by atoms with Crippen LogP contribution in [0.3, 0.4) is 0 Å². The molecule has 0 radical (unpaired) electrons. The molecular weight excluding hydrogens is 206 g/mol. The smallest absolute Gasteiger partial charge is 0.0162 e. The van der Waals surface area contributed by atoms with E-state index in [4.69, 9.17) is 0 Å². The molecule has 1 heterocycles. The molecule has 0 aromatic heterocycles. The minimum absolute atomic E-state index is 0.446. The second-order valence-corrected chi connectivity index (χ2v) is 5.69. The number of fused-ring (bicyclic) bond motifs is 2. The van der Waals surface area contributed by atoms with E-state index in [1.54, 1.807) is 11.1 Å². The fourth-order valence-corrected chi connectivity index (χ4v) is 4.11. The topological polar surface area (TPSA) is 12.0 Å². The monoisotopic (exact) mass is 229 g/mol. The predicted molar refractivity (Wildman–Crippen MR) is 72.4 cm³/mol. The number of benzene rings is 1. The van der Waals surface area contributed by atoms with Crippen molar-refractivity contribution in [3.8, 4) is 0 Å². The highest BCUT2D eigenvalue weighted by molar-refractivity contribution is 5.38. The van der Waals surface area contributed by atoms with E-state index in [1.807, 2.05) is 0 Å². The van der Waals surface area contributed by atoms with E-state index in [0.29, 0.717) is 11.5 Å². The summed E-state index contributed by atoms with van der Waals surface area (Å²) in [4.78, 5) is 0. The van der Waals surface area contributed by atoms with E-state index >= 15 is 0 Å². The molecule has 17 heavy (non-hydrogen) atoms. The first-order valence-electron chi connectivity index (χ1n) is 7.18. The van der Waals surface area contributed by atoms with Gasteiger partial charge in [-0.3, -0.25) is 0 Å². The van der Waals surface area contributed by atoms with Crippen molar-refractivity contribution in [2.45, 2.75) is 56.9 Å². The van der Waals surface area contributed by atoms with Crippen LogP contribution in [-0.2, 0) is 11.8 Å². The van der Waals surface area contributed by atoms with Gasteiger partial charge in [-0.2, -0.15) is 0 Å². The standard InChI is InChI=1S/C16H23N/c1-2-15-16(11-12-17-15)10-6-5-8-13-7-3-4-9-14(13)16/h3-4,7,9,15,17H,2,5-6,8,10-12H2,1H3. The molecule has 2 atom stereocenters. The van der Waals surface area contributed by atoms with Gasteiger partial charge in [0, 0.05) is 11.5 Å². The van der Waals surface area contributed by atoms with Gasteiger partial charge in [0.2, 0.25) is 0 Å². The van der Waals surface area contributed by atoms with Crippen LogP contribution in [0.1, 0.15) is 50.2 Å². The maximum Gasteiger partial charge on any atom is 0.0162 e. The van der Waals surface area contributed by atoms with Crippen LogP contribution in [0.2, 0.25) is 0 Å². The van der Waals surface area contributed by atoms with Gasteiger partial charge in [-0.05, 0) is 49.8 Å². The summed E-state index contributed by atoms with van der Waals surface area (Å²) >= 11 is 0. The summed E-state index contributed by atoms with van der Waals surface area (Å²) in [7, 11) is 0. The molecule has 0 amide bonds. The van der Waals surface area contributed by atoms with Crippen molar-refractivity contribution in [2.75, 3.05) is 6.54 Å². The van der Waals surface area contributed by atoms with E-state index in [1.165, 1.54) is 45.1 Å². The van der Waals surface area contributed by atoms with Crippen LogP contribution < -0.4 is 5.32 Å². The van der Waals surface area contributed by atoms with E-state index in [9.17, 15) is 0 Å². The van der Waals surface area contributed by atoms with Crippen LogP contribution in [-0.4, -0.2) is 12.6 Å². The molecular formula is C16H23N. The number of nitrogens with one attached hydrogen (secondary N) is 1. The van der Waals surface area contributed by atoms with Gasteiger partial charge in [-0.15, -0.1) is 0 Å². The lowest BCUT2D eigenvalue weighted by atomic mass is 9.70. The van der Waals surface area contributed by atoms with Gasteiger partial charge < -0.3 is 5.32 Å². The molecule has 1 aliphatic heterocycles. The van der Waals surface area contributed by atoms with E-state index in [2.05, 4.69) is 36.5 Å². The summed E-state index contributed by atoms with van der Waals surface area (Å²) in [6, 6.07) is 9.89. The Bertz CT molecular complexity index is 398. The highest BCUT2D eigenvalue weighted by atomic mass is 15.0. The quantitative estimate of drug-likeness (QED) is 0.778. The molecule has 92 valence electrons. The molecule has 1 aromatic carbocycles. The summed E-state index contributed by atoms with van der Waals surface area (Å²) in [6.45, 7) is 3.53. The highest BCUT2D eigenvalue weighted by Gasteiger charge is 2.44. The maximum absolute atomic E-state index is 3.74. The molecule has 0 bridgehead atoms. The lowest BCUT2D eigenvalue weighted by Gasteiger charge is -2.35. The molecule has 1 spiro atoms. The van der Waals surface area contributed by atoms with Crippen LogP contribution >= 0.6 is 0 Å². The Hall–Kier alpha value is -0.820. The summed E-state index contributed by atoms with van der Waals surface area (Å²) in [5.74, 6) is 0. The molecule has 2 unspecified atom stereocenters. The van der Waals surface area contributed by atoms with Gasteiger partial charge in [0.05, 0.1) is 0 Å². The summed E-state index contributed by atoms with van der Waals surface area (Å²) in [5, 5.41) is 3.74. The summed E-state index contributed by atoms with van der Waals surface area (Å²) in [5.41, 5.74) is 3.73. The van der Waals surface area contributed by atoms with Gasteiger partial charge in [0.25, 0.3) is 0 Å². The molecule has 1 aromatic rings. The predicted octanol–water partition coefficient (Wildman–Crippen LogP) is 3.42. The van der Waals surface area contributed by atoms with Gasteiger partial charge in [0.1, 0.15) is 0 Å². The SMILES string of the molecule is CCC1NCCC12CCCCc1ccccc12. The fraction of sp³-hybridized carbons (Fsp3) is 0.625. The van der Waals surface area contributed by atoms with Crippen LogP contribution in [0.5, 0.6) is 0 Å². The molecule has 3 rings (SSSR count). The van der Waals surface area contributed by atoms with E-state index < -0.39 is 0 Å². The van der Waals surface area contributed by atoms with Crippen LogP contribution in [0.4, 0.5) is 0 Å². The lowest BCUT2D eigenvalue weighted by molar-refractivity contribution is 0.331. The van der Waals surface area contributed by atoms with Crippen LogP contribution in [0.15, 0.2) is 24.3 Å². The Morgan fingerprint density at radius 3 is 3.00 bits per heavy atom. The largest absolute Gasteiger partial charge is 0.313 e. The molecule has 0 saturated carbocycles. The molecule has 1 fully saturated rings. The molecule has 1 N–H and O–H groups in total. The lowest BCUT2D eigenvalue weighted by Crippen LogP contribution is -2.40. The van der Waals surface area contributed by atoms with Gasteiger partial charge >= 0.3 is 0 Å². The Morgan fingerprint density at radius 1 is 1.24 bits per heavy atom. The van der Waals surface area contributed by atoms with Crippen molar-refractivity contribution < 1.29 is 0 Å². The van der Waals surface area contributed by atoms with Crippen molar-refractivity contribution in [3.63, 3.8) is 0 Å². The zero-order valence-corrected chi connectivity index (χ0v) is 10.8. The average molecular weight is 229 g/mol. The van der Waals surface area contributed by atoms with Crippen LogP contribution in [0, 0.1) is 0 Å². The summed E-state index contributed by atoms with van der Waals surface area (Å²) in [6.07, 6.45) is 8.03. The fourth-order valence-electron chi connectivity index (χ4n) is 4.11. The first-order valence-corrected chi connectivity index (χ1v) is 7.18. The number of rotatable bonds is 1. The normalized spacial score (nSPS) is 32.4. The third kappa shape index (κ3) is 1.72. The van der Waals surface area contributed by atoms with Crippen molar-refractivity contribution in [3.05, 3.63) is 35.4 Å². The molecule has 2 aliphatic rings. The molecule has 1 aliphatic carbocycles. The van der Waals surface area contributed by atoms with Crippen molar-refractivity contribution in [1.29, 1.82) is 0 Å². The van der Waals surface area contributed by atoms with Gasteiger partial charge in [-0.25, -0.2) is 0 Å². The number of hydrogen-bond donors (Lipinski definition) is 1. The zero-order chi connectivity index (χ0) is 11.7. The van der Waals surface area contributed by atoms with E-state index in [0.717, 1.165) is 0 Å². The number of hydrogen-bond acceptors (Lipinski definition) is 1. The van der Waals surface area contributed by atoms with Crippen molar-refractivity contribution in [2.24, 2.45) is 0 Å². The third-order valence-electron chi connectivity index (χ3n) is 4.91. The van der Waals surface area contributed by atoms with Crippen molar-refractivity contribution >= 4 is 0 Å². The van der Waals surface area contributed by atoms with E-state index in [-0.39, 0.29) is 0 Å². The Kier molecular flexibility index (Phi) is 2.96. The molecule has 1 heteroatoms. The minimum Gasteiger partial charge on any atom is -0.313 e. The first-order chi connectivity index (χ1) is 8.37. The molecule has 1 nitrogen and oxygen atoms in total. The average Bonchev–Trinajstić information content (AvgIpc) is 2.69. The third-order valence-corrected chi connectivity index (χ3v) is 4.91. The minimum atomic E-state index is 0.446. The Morgan fingerprint density at radius 2 is 2.12 bits per heavy atom. The van der Waals surface area contributed by atoms with Crippen LogP contribution in [0.25, 0.3) is 0 Å². The van der Waals surface area contributed by atoms with Crippen molar-refractivity contribution in [1.82, 2.24) is 5.32 Å². The first kappa shape index (κ1) is 11.3. The zero-order valence-electron chi connectivity index (χ0n) is 10.8. The second-order valence-electron chi connectivity index (χ2n) is 5.69. The Labute approximate surface area is 105 Å². The maximum atomic E-state index is 3.74.